The summed E-state index contributed by atoms with van der Waals surface area (Å²) in [6, 6.07) is 6.95. The number of thiocarbonyl (C=S) groups is 1. The third kappa shape index (κ3) is 6.52. The van der Waals surface area contributed by atoms with Gasteiger partial charge in [0.25, 0.3) is 0 Å². The number of nitrogens with one attached hydrogen (secondary N) is 1. The summed E-state index contributed by atoms with van der Waals surface area (Å²) in [5.74, 6) is 0.891. The van der Waals surface area contributed by atoms with E-state index in [2.05, 4.69) is 12.2 Å². The minimum absolute atomic E-state index is 0.103. The Morgan fingerprint density at radius 3 is 2.45 bits per heavy atom. The smallest absolute Gasteiger partial charge is 0.318 e. The Kier molecular flexibility index (Phi) is 7.65. The molecule has 0 fully saturated rings. The molecule has 1 aromatic carbocycles. The summed E-state index contributed by atoms with van der Waals surface area (Å²) in [4.78, 5) is 12.2. The molecule has 0 aromatic heterocycles. The molecule has 1 N–H and O–H groups in total. The molecule has 0 heterocycles. The zero-order valence-electron chi connectivity index (χ0n) is 12.0. The van der Waals surface area contributed by atoms with Crippen molar-refractivity contribution in [1.82, 2.24) is 5.32 Å². The standard InChI is InChI=1S/C15H21NO3S/c1-3-5-10-16-14(20)11-15(17)19-13-8-6-12(7-9-13)18-4-2/h6-9H,3-5,10-11H2,1-2H3,(H,16,20). The summed E-state index contributed by atoms with van der Waals surface area (Å²) in [5.41, 5.74) is 0. The van der Waals surface area contributed by atoms with E-state index in [9.17, 15) is 4.79 Å². The molecule has 0 aliphatic heterocycles. The van der Waals surface area contributed by atoms with Gasteiger partial charge in [0, 0.05) is 6.54 Å². The van der Waals surface area contributed by atoms with E-state index >= 15 is 0 Å². The van der Waals surface area contributed by atoms with E-state index in [1.165, 1.54) is 0 Å². The van der Waals surface area contributed by atoms with E-state index in [0.29, 0.717) is 17.3 Å². The van der Waals surface area contributed by atoms with Crippen LogP contribution < -0.4 is 14.8 Å². The first-order valence-electron chi connectivity index (χ1n) is 6.86. The van der Waals surface area contributed by atoms with E-state index in [1.54, 1.807) is 24.3 Å². The van der Waals surface area contributed by atoms with Gasteiger partial charge in [0.15, 0.2) is 0 Å². The second-order valence-corrected chi connectivity index (χ2v) is 4.75. The van der Waals surface area contributed by atoms with Crippen LogP contribution in [0, 0.1) is 0 Å². The number of ether oxygens (including phenoxy) is 2. The van der Waals surface area contributed by atoms with Gasteiger partial charge in [-0.15, -0.1) is 0 Å². The van der Waals surface area contributed by atoms with Crippen molar-refractivity contribution < 1.29 is 14.3 Å². The van der Waals surface area contributed by atoms with Crippen LogP contribution in [-0.4, -0.2) is 24.1 Å². The number of unbranched alkanes of at least 4 members (excludes halogenated alkanes) is 1. The lowest BCUT2D eigenvalue weighted by Crippen LogP contribution is -2.26. The molecule has 0 saturated heterocycles. The molecule has 0 saturated carbocycles. The van der Waals surface area contributed by atoms with Crippen molar-refractivity contribution in [3.8, 4) is 11.5 Å². The molecular formula is C15H21NO3S. The molecule has 110 valence electrons. The molecule has 5 heteroatoms. The molecule has 1 rings (SSSR count). The lowest BCUT2D eigenvalue weighted by Gasteiger charge is -2.08. The fourth-order valence-corrected chi connectivity index (χ4v) is 1.76. The molecule has 0 unspecified atom stereocenters. The highest BCUT2D eigenvalue weighted by Gasteiger charge is 2.08. The summed E-state index contributed by atoms with van der Waals surface area (Å²) >= 11 is 5.08. The first-order chi connectivity index (χ1) is 9.65. The zero-order chi connectivity index (χ0) is 14.8. The number of hydrogen-bond donors (Lipinski definition) is 1. The van der Waals surface area contributed by atoms with Crippen LogP contribution in [0.15, 0.2) is 24.3 Å². The lowest BCUT2D eigenvalue weighted by atomic mass is 10.3. The Hall–Kier alpha value is -1.62. The number of benzene rings is 1. The maximum absolute atomic E-state index is 11.7. The molecule has 0 amide bonds. The number of esters is 1. The van der Waals surface area contributed by atoms with E-state index in [1.807, 2.05) is 6.92 Å². The maximum Gasteiger partial charge on any atom is 0.318 e. The molecular weight excluding hydrogens is 274 g/mol. The first kappa shape index (κ1) is 16.4. The average Bonchev–Trinajstić information content (AvgIpc) is 2.41. The van der Waals surface area contributed by atoms with Crippen LogP contribution >= 0.6 is 12.2 Å². The van der Waals surface area contributed by atoms with Crippen molar-refractivity contribution in [2.45, 2.75) is 33.1 Å². The fourth-order valence-electron chi connectivity index (χ4n) is 1.54. The van der Waals surface area contributed by atoms with Crippen LogP contribution in [-0.2, 0) is 4.79 Å². The predicted octanol–water partition coefficient (Wildman–Crippen LogP) is 3.10. The van der Waals surface area contributed by atoms with Gasteiger partial charge < -0.3 is 14.8 Å². The Morgan fingerprint density at radius 2 is 1.85 bits per heavy atom. The Labute approximate surface area is 125 Å². The van der Waals surface area contributed by atoms with Gasteiger partial charge in [0.2, 0.25) is 0 Å². The number of carbonyl (C=O) groups is 1. The average molecular weight is 295 g/mol. The zero-order valence-corrected chi connectivity index (χ0v) is 12.8. The van der Waals surface area contributed by atoms with Crippen LogP contribution in [0.25, 0.3) is 0 Å². The molecule has 0 bridgehead atoms. The van der Waals surface area contributed by atoms with Crippen molar-refractivity contribution >= 4 is 23.2 Å². The van der Waals surface area contributed by atoms with Gasteiger partial charge in [-0.3, -0.25) is 4.79 Å². The summed E-state index contributed by atoms with van der Waals surface area (Å²) in [7, 11) is 0. The highest BCUT2D eigenvalue weighted by molar-refractivity contribution is 7.80. The van der Waals surface area contributed by atoms with Gasteiger partial charge in [-0.1, -0.05) is 25.6 Å². The number of carbonyl (C=O) groups excluding carboxylic acids is 1. The molecule has 0 spiro atoms. The lowest BCUT2D eigenvalue weighted by molar-refractivity contribution is -0.133. The first-order valence-corrected chi connectivity index (χ1v) is 7.26. The molecule has 4 nitrogen and oxygen atoms in total. The fraction of sp³-hybridized carbons (Fsp3) is 0.467. The van der Waals surface area contributed by atoms with E-state index in [0.717, 1.165) is 25.1 Å². The van der Waals surface area contributed by atoms with Crippen LogP contribution in [0.2, 0.25) is 0 Å². The number of hydrogen-bond acceptors (Lipinski definition) is 4. The van der Waals surface area contributed by atoms with Crippen molar-refractivity contribution in [3.63, 3.8) is 0 Å². The van der Waals surface area contributed by atoms with Gasteiger partial charge in [0.05, 0.1) is 18.0 Å². The largest absolute Gasteiger partial charge is 0.494 e. The van der Waals surface area contributed by atoms with Gasteiger partial charge >= 0.3 is 5.97 Å². The highest BCUT2D eigenvalue weighted by Crippen LogP contribution is 2.17. The van der Waals surface area contributed by atoms with Crippen LogP contribution in [0.5, 0.6) is 11.5 Å². The van der Waals surface area contributed by atoms with Crippen molar-refractivity contribution in [2.24, 2.45) is 0 Å². The quantitative estimate of drug-likeness (QED) is 0.346. The normalized spacial score (nSPS) is 9.90. The third-order valence-corrected chi connectivity index (χ3v) is 2.81. The Morgan fingerprint density at radius 1 is 1.20 bits per heavy atom. The minimum Gasteiger partial charge on any atom is -0.494 e. The van der Waals surface area contributed by atoms with E-state index in [-0.39, 0.29) is 12.4 Å². The van der Waals surface area contributed by atoms with Gasteiger partial charge in [0.1, 0.15) is 11.5 Å². The Bertz CT molecular complexity index is 431. The summed E-state index contributed by atoms with van der Waals surface area (Å²) < 4.78 is 10.5. The maximum atomic E-state index is 11.7. The topological polar surface area (TPSA) is 47.6 Å². The number of rotatable bonds is 8. The second-order valence-electron chi connectivity index (χ2n) is 4.26. The third-order valence-electron chi connectivity index (χ3n) is 2.52. The van der Waals surface area contributed by atoms with Gasteiger partial charge in [-0.05, 0) is 37.6 Å². The molecule has 0 atom stereocenters. The minimum atomic E-state index is -0.358. The molecule has 0 radical (unpaired) electrons. The van der Waals surface area contributed by atoms with E-state index in [4.69, 9.17) is 21.7 Å². The van der Waals surface area contributed by atoms with Gasteiger partial charge in [-0.25, -0.2) is 0 Å². The molecule has 1 aromatic rings. The van der Waals surface area contributed by atoms with Crippen LogP contribution in [0.1, 0.15) is 33.1 Å². The highest BCUT2D eigenvalue weighted by atomic mass is 32.1. The summed E-state index contributed by atoms with van der Waals surface area (Å²) in [6.07, 6.45) is 2.23. The summed E-state index contributed by atoms with van der Waals surface area (Å²) in [5, 5.41) is 3.04. The molecule has 0 aliphatic carbocycles. The van der Waals surface area contributed by atoms with Crippen LogP contribution in [0.4, 0.5) is 0 Å². The van der Waals surface area contributed by atoms with Crippen molar-refractivity contribution in [2.75, 3.05) is 13.2 Å². The van der Waals surface area contributed by atoms with Crippen molar-refractivity contribution in [3.05, 3.63) is 24.3 Å². The van der Waals surface area contributed by atoms with Crippen LogP contribution in [0.3, 0.4) is 0 Å². The predicted molar refractivity (Wildman–Crippen MR) is 83.4 cm³/mol. The monoisotopic (exact) mass is 295 g/mol. The molecule has 0 aliphatic rings. The molecule has 20 heavy (non-hydrogen) atoms. The van der Waals surface area contributed by atoms with E-state index < -0.39 is 0 Å². The second kappa shape index (κ2) is 9.31. The summed E-state index contributed by atoms with van der Waals surface area (Å²) in [6.45, 7) is 5.42. The Balaban J connectivity index is 2.36. The SMILES string of the molecule is CCCCNC(=S)CC(=O)Oc1ccc(OCC)cc1. The van der Waals surface area contributed by atoms with Crippen molar-refractivity contribution in [1.29, 1.82) is 0 Å². The van der Waals surface area contributed by atoms with Gasteiger partial charge in [-0.2, -0.15) is 0 Å².